The number of benzene rings is 1. The first kappa shape index (κ1) is 17.2. The van der Waals surface area contributed by atoms with Crippen molar-refractivity contribution in [3.63, 3.8) is 0 Å². The molecule has 2 heterocycles. The van der Waals surface area contributed by atoms with E-state index in [9.17, 15) is 9.18 Å². The second-order valence-electron chi connectivity index (χ2n) is 7.00. The number of rotatable bonds is 2. The number of halogens is 2. The molecule has 6 heteroatoms. The van der Waals surface area contributed by atoms with Gasteiger partial charge in [-0.15, -0.1) is 0 Å². The molecule has 0 spiro atoms. The SMILES string of the molecule is Cc1cccc(F)c1C1CCC(c2cc3ncc(Cl)nc3[nH]c2=O)CC1. The number of aromatic nitrogens is 3. The third-order valence-corrected chi connectivity index (χ3v) is 5.59. The smallest absolute Gasteiger partial charge is 0.253 e. The number of hydrogen-bond acceptors (Lipinski definition) is 3. The monoisotopic (exact) mass is 371 g/mol. The third-order valence-electron chi connectivity index (χ3n) is 5.40. The molecule has 2 aromatic heterocycles. The molecule has 0 amide bonds. The van der Waals surface area contributed by atoms with E-state index in [0.717, 1.165) is 42.4 Å². The number of fused-ring (bicyclic) bond motifs is 1. The van der Waals surface area contributed by atoms with Gasteiger partial charge in [0, 0.05) is 5.56 Å². The van der Waals surface area contributed by atoms with Crippen molar-refractivity contribution in [2.75, 3.05) is 0 Å². The van der Waals surface area contributed by atoms with Crippen LogP contribution in [-0.2, 0) is 0 Å². The zero-order valence-electron chi connectivity index (χ0n) is 14.4. The zero-order valence-corrected chi connectivity index (χ0v) is 15.2. The Balaban J connectivity index is 1.58. The van der Waals surface area contributed by atoms with Crippen molar-refractivity contribution in [1.29, 1.82) is 0 Å². The lowest BCUT2D eigenvalue weighted by molar-refractivity contribution is 0.385. The number of aromatic amines is 1. The lowest BCUT2D eigenvalue weighted by Crippen LogP contribution is -2.21. The molecule has 1 aliphatic rings. The fraction of sp³-hybridized carbons (Fsp3) is 0.350. The van der Waals surface area contributed by atoms with Crippen LogP contribution in [0.5, 0.6) is 0 Å². The molecule has 0 unspecified atom stereocenters. The number of pyridine rings is 1. The summed E-state index contributed by atoms with van der Waals surface area (Å²) in [4.78, 5) is 23.6. The molecular weight excluding hydrogens is 353 g/mol. The highest BCUT2D eigenvalue weighted by Crippen LogP contribution is 2.41. The van der Waals surface area contributed by atoms with E-state index >= 15 is 0 Å². The van der Waals surface area contributed by atoms with Crippen molar-refractivity contribution in [2.24, 2.45) is 0 Å². The van der Waals surface area contributed by atoms with Crippen LogP contribution in [0.15, 0.2) is 35.3 Å². The maximum absolute atomic E-state index is 14.2. The van der Waals surface area contributed by atoms with Crippen LogP contribution in [0.2, 0.25) is 5.15 Å². The van der Waals surface area contributed by atoms with Gasteiger partial charge in [0.1, 0.15) is 16.5 Å². The Kier molecular flexibility index (Phi) is 4.49. The molecule has 0 aliphatic heterocycles. The van der Waals surface area contributed by atoms with Gasteiger partial charge in [0.25, 0.3) is 5.56 Å². The summed E-state index contributed by atoms with van der Waals surface area (Å²) in [5, 5.41) is 0.252. The van der Waals surface area contributed by atoms with Gasteiger partial charge in [-0.05, 0) is 67.7 Å². The maximum atomic E-state index is 14.2. The van der Waals surface area contributed by atoms with Gasteiger partial charge >= 0.3 is 0 Å². The summed E-state index contributed by atoms with van der Waals surface area (Å²) in [6, 6.07) is 7.06. The van der Waals surface area contributed by atoms with E-state index in [4.69, 9.17) is 11.6 Å². The van der Waals surface area contributed by atoms with Crippen LogP contribution >= 0.6 is 11.6 Å². The number of hydrogen-bond donors (Lipinski definition) is 1. The van der Waals surface area contributed by atoms with Gasteiger partial charge in [-0.3, -0.25) is 4.79 Å². The predicted molar refractivity (Wildman–Crippen MR) is 100 cm³/mol. The Morgan fingerprint density at radius 3 is 2.65 bits per heavy atom. The normalized spacial score (nSPS) is 20.4. The highest BCUT2D eigenvalue weighted by molar-refractivity contribution is 6.29. The molecule has 0 bridgehead atoms. The van der Waals surface area contributed by atoms with Crippen LogP contribution in [0.3, 0.4) is 0 Å². The number of aryl methyl sites for hydroxylation is 1. The summed E-state index contributed by atoms with van der Waals surface area (Å²) in [5.74, 6) is 0.249. The lowest BCUT2D eigenvalue weighted by Gasteiger charge is -2.29. The summed E-state index contributed by atoms with van der Waals surface area (Å²) in [5.41, 5.74) is 3.47. The van der Waals surface area contributed by atoms with Gasteiger partial charge in [-0.25, -0.2) is 14.4 Å². The fourth-order valence-electron chi connectivity index (χ4n) is 4.13. The average molecular weight is 372 g/mol. The van der Waals surface area contributed by atoms with Crippen molar-refractivity contribution >= 4 is 22.8 Å². The van der Waals surface area contributed by atoms with Gasteiger partial charge in [0.2, 0.25) is 0 Å². The van der Waals surface area contributed by atoms with Crippen molar-refractivity contribution in [1.82, 2.24) is 15.0 Å². The Morgan fingerprint density at radius 1 is 1.19 bits per heavy atom. The average Bonchev–Trinajstić information content (AvgIpc) is 2.61. The minimum Gasteiger partial charge on any atom is -0.305 e. The molecule has 1 N–H and O–H groups in total. The van der Waals surface area contributed by atoms with Crippen LogP contribution in [-0.4, -0.2) is 15.0 Å². The molecule has 1 aromatic carbocycles. The summed E-state index contributed by atoms with van der Waals surface area (Å²) in [6.45, 7) is 1.96. The first-order valence-electron chi connectivity index (χ1n) is 8.83. The van der Waals surface area contributed by atoms with Gasteiger partial charge in [-0.2, -0.15) is 0 Å². The van der Waals surface area contributed by atoms with Crippen LogP contribution in [0.4, 0.5) is 4.39 Å². The van der Waals surface area contributed by atoms with E-state index in [-0.39, 0.29) is 28.4 Å². The van der Waals surface area contributed by atoms with Gasteiger partial charge < -0.3 is 4.98 Å². The van der Waals surface area contributed by atoms with Gasteiger partial charge in [0.15, 0.2) is 5.65 Å². The molecule has 3 aromatic rings. The Hall–Kier alpha value is -2.27. The Morgan fingerprint density at radius 2 is 1.92 bits per heavy atom. The molecule has 4 nitrogen and oxygen atoms in total. The second-order valence-corrected chi connectivity index (χ2v) is 7.39. The van der Waals surface area contributed by atoms with Crippen LogP contribution in [0.1, 0.15) is 54.2 Å². The van der Waals surface area contributed by atoms with Crippen molar-refractivity contribution in [2.45, 2.75) is 44.4 Å². The standard InChI is InChI=1S/C20H19ClFN3O/c1-11-3-2-4-15(22)18(11)13-7-5-12(6-8-13)14-9-16-19(25-20(14)26)24-17(21)10-23-16/h2-4,9-10,12-13H,5-8H2,1H3,(H,24,25,26). The molecule has 1 aliphatic carbocycles. The largest absolute Gasteiger partial charge is 0.305 e. The van der Waals surface area contributed by atoms with Crippen molar-refractivity contribution < 1.29 is 4.39 Å². The highest BCUT2D eigenvalue weighted by Gasteiger charge is 2.27. The minimum absolute atomic E-state index is 0.121. The number of nitrogens with one attached hydrogen (secondary N) is 1. The lowest BCUT2D eigenvalue weighted by atomic mass is 9.75. The highest BCUT2D eigenvalue weighted by atomic mass is 35.5. The van der Waals surface area contributed by atoms with E-state index in [1.807, 2.05) is 19.1 Å². The maximum Gasteiger partial charge on any atom is 0.253 e. The third kappa shape index (κ3) is 3.12. The molecule has 0 atom stereocenters. The van der Waals surface area contributed by atoms with Crippen molar-refractivity contribution in [3.8, 4) is 0 Å². The molecule has 4 rings (SSSR count). The molecule has 26 heavy (non-hydrogen) atoms. The number of nitrogens with zero attached hydrogens (tertiary/aromatic N) is 2. The summed E-state index contributed by atoms with van der Waals surface area (Å²) in [6.07, 6.45) is 4.93. The predicted octanol–water partition coefficient (Wildman–Crippen LogP) is 4.86. The fourth-order valence-corrected chi connectivity index (χ4v) is 4.26. The quantitative estimate of drug-likeness (QED) is 0.699. The molecule has 1 fully saturated rings. The summed E-state index contributed by atoms with van der Waals surface area (Å²) < 4.78 is 14.2. The van der Waals surface area contributed by atoms with E-state index in [1.165, 1.54) is 12.3 Å². The van der Waals surface area contributed by atoms with E-state index in [0.29, 0.717) is 11.2 Å². The van der Waals surface area contributed by atoms with Gasteiger partial charge in [-0.1, -0.05) is 23.7 Å². The molecular formula is C20H19ClFN3O. The van der Waals surface area contributed by atoms with E-state index in [1.54, 1.807) is 6.07 Å². The summed E-state index contributed by atoms with van der Waals surface area (Å²) >= 11 is 5.83. The van der Waals surface area contributed by atoms with E-state index in [2.05, 4.69) is 15.0 Å². The Bertz CT molecular complexity index is 1000. The molecule has 1 saturated carbocycles. The molecule has 0 radical (unpaired) electrons. The Labute approximate surface area is 155 Å². The topological polar surface area (TPSA) is 58.6 Å². The van der Waals surface area contributed by atoms with Gasteiger partial charge in [0.05, 0.1) is 6.20 Å². The minimum atomic E-state index is -0.139. The first-order chi connectivity index (χ1) is 12.5. The van der Waals surface area contributed by atoms with Crippen LogP contribution in [0, 0.1) is 12.7 Å². The zero-order chi connectivity index (χ0) is 18.3. The van der Waals surface area contributed by atoms with Crippen molar-refractivity contribution in [3.05, 3.63) is 68.5 Å². The molecule has 0 saturated heterocycles. The van der Waals surface area contributed by atoms with E-state index < -0.39 is 0 Å². The first-order valence-corrected chi connectivity index (χ1v) is 9.21. The molecule has 134 valence electrons. The summed E-state index contributed by atoms with van der Waals surface area (Å²) in [7, 11) is 0. The second kappa shape index (κ2) is 6.80. The van der Waals surface area contributed by atoms with Crippen LogP contribution < -0.4 is 5.56 Å². The van der Waals surface area contributed by atoms with Crippen LogP contribution in [0.25, 0.3) is 11.2 Å². The number of H-pyrrole nitrogens is 1.